The molecule has 0 aliphatic heterocycles. The summed E-state index contributed by atoms with van der Waals surface area (Å²) in [5.41, 5.74) is 1.05. The number of nitrogens with zero attached hydrogens (tertiary/aromatic N) is 3. The Labute approximate surface area is 103 Å². The number of methoxy groups -OCH3 is 1. The Hall–Kier alpha value is -2.63. The van der Waals surface area contributed by atoms with Gasteiger partial charge in [-0.3, -0.25) is 4.79 Å². The van der Waals surface area contributed by atoms with Crippen LogP contribution in [0.1, 0.15) is 10.4 Å². The van der Waals surface area contributed by atoms with Crippen LogP contribution < -0.4 is 5.01 Å². The third-order valence-electron chi connectivity index (χ3n) is 2.39. The molecule has 0 N–H and O–H groups in total. The molecule has 0 aliphatic carbocycles. The van der Waals surface area contributed by atoms with Crippen molar-refractivity contribution in [3.05, 3.63) is 48.5 Å². The second-order valence-corrected chi connectivity index (χ2v) is 3.43. The van der Waals surface area contributed by atoms with Gasteiger partial charge < -0.3 is 4.74 Å². The summed E-state index contributed by atoms with van der Waals surface area (Å²) >= 11 is 0. The van der Waals surface area contributed by atoms with Crippen LogP contribution in [0, 0.1) is 0 Å². The van der Waals surface area contributed by atoms with Gasteiger partial charge in [0.15, 0.2) is 0 Å². The molecule has 92 valence electrons. The largest absolute Gasteiger partial charge is 0.465 e. The van der Waals surface area contributed by atoms with Gasteiger partial charge in [0.05, 0.1) is 18.4 Å². The van der Waals surface area contributed by atoms with E-state index in [0.29, 0.717) is 17.7 Å². The molecule has 0 fully saturated rings. The Bertz CT molecular complexity index is 534. The molecule has 0 atom stereocenters. The van der Waals surface area contributed by atoms with Crippen molar-refractivity contribution >= 4 is 18.1 Å². The number of ether oxygens (including phenoxy) is 1. The minimum atomic E-state index is -0.415. The Morgan fingerprint density at radius 1 is 1.39 bits per heavy atom. The molecule has 0 saturated carbocycles. The first-order valence-corrected chi connectivity index (χ1v) is 5.17. The number of aromatic nitrogens is 2. The number of esters is 1. The standard InChI is InChI=1S/C12H11N3O3/c1-18-12(17)10-2-4-11(5-3-10)15(9-16)14-7-6-13-8-14/h2-9H,1H3. The molecule has 2 aromatic rings. The molecule has 1 aromatic carbocycles. The zero-order valence-corrected chi connectivity index (χ0v) is 9.69. The molecular formula is C12H11N3O3. The summed E-state index contributed by atoms with van der Waals surface area (Å²) in [6.45, 7) is 0. The Balaban J connectivity index is 2.28. The number of carbonyl (C=O) groups is 2. The average Bonchev–Trinajstić information content (AvgIpc) is 2.93. The zero-order chi connectivity index (χ0) is 13.0. The van der Waals surface area contributed by atoms with Crippen LogP contribution >= 0.6 is 0 Å². The number of imidazole rings is 1. The fourth-order valence-corrected chi connectivity index (χ4v) is 1.50. The van der Waals surface area contributed by atoms with Crippen LogP contribution in [0.25, 0.3) is 0 Å². The van der Waals surface area contributed by atoms with E-state index in [1.54, 1.807) is 36.7 Å². The molecule has 2 rings (SSSR count). The van der Waals surface area contributed by atoms with Crippen LogP contribution in [-0.2, 0) is 9.53 Å². The van der Waals surface area contributed by atoms with Gasteiger partial charge in [-0.2, -0.15) is 0 Å². The normalized spacial score (nSPS) is 9.83. The molecule has 0 saturated heterocycles. The molecule has 1 aromatic heterocycles. The van der Waals surface area contributed by atoms with E-state index in [4.69, 9.17) is 0 Å². The fourth-order valence-electron chi connectivity index (χ4n) is 1.50. The lowest BCUT2D eigenvalue weighted by Crippen LogP contribution is -2.26. The van der Waals surface area contributed by atoms with Gasteiger partial charge in [-0.15, -0.1) is 0 Å². The molecule has 1 amide bonds. The van der Waals surface area contributed by atoms with Gasteiger partial charge in [0.25, 0.3) is 0 Å². The lowest BCUT2D eigenvalue weighted by molar-refractivity contribution is -0.108. The summed E-state index contributed by atoms with van der Waals surface area (Å²) in [5.74, 6) is -0.415. The number of hydrogen-bond donors (Lipinski definition) is 0. The van der Waals surface area contributed by atoms with Crippen LogP contribution in [0.5, 0.6) is 0 Å². The van der Waals surface area contributed by atoms with Crippen molar-refractivity contribution in [3.63, 3.8) is 0 Å². The minimum absolute atomic E-state index is 0.415. The van der Waals surface area contributed by atoms with Crippen LogP contribution in [-0.4, -0.2) is 29.1 Å². The van der Waals surface area contributed by atoms with E-state index < -0.39 is 5.97 Å². The maximum atomic E-state index is 11.3. The fraction of sp³-hybridized carbons (Fsp3) is 0.0833. The SMILES string of the molecule is COC(=O)c1ccc(N(C=O)n2ccnc2)cc1. The third-order valence-corrected chi connectivity index (χ3v) is 2.39. The first-order chi connectivity index (χ1) is 8.76. The summed E-state index contributed by atoms with van der Waals surface area (Å²) in [5, 5.41) is 1.36. The minimum Gasteiger partial charge on any atom is -0.465 e. The second kappa shape index (κ2) is 5.13. The highest BCUT2D eigenvalue weighted by Crippen LogP contribution is 2.15. The molecule has 1 heterocycles. The van der Waals surface area contributed by atoms with E-state index in [2.05, 4.69) is 9.72 Å². The van der Waals surface area contributed by atoms with Crippen molar-refractivity contribution < 1.29 is 14.3 Å². The van der Waals surface area contributed by atoms with Crippen molar-refractivity contribution in [2.24, 2.45) is 0 Å². The molecule has 18 heavy (non-hydrogen) atoms. The highest BCUT2D eigenvalue weighted by Gasteiger charge is 2.09. The van der Waals surface area contributed by atoms with Gasteiger partial charge in [-0.25, -0.2) is 19.5 Å². The number of carbonyl (C=O) groups excluding carboxylic acids is 2. The van der Waals surface area contributed by atoms with E-state index in [-0.39, 0.29) is 0 Å². The van der Waals surface area contributed by atoms with E-state index in [1.165, 1.54) is 23.1 Å². The van der Waals surface area contributed by atoms with Crippen LogP contribution in [0.4, 0.5) is 5.69 Å². The van der Waals surface area contributed by atoms with E-state index in [9.17, 15) is 9.59 Å². The Morgan fingerprint density at radius 2 is 2.11 bits per heavy atom. The topological polar surface area (TPSA) is 64.4 Å². The molecule has 6 nitrogen and oxygen atoms in total. The molecule has 0 spiro atoms. The maximum absolute atomic E-state index is 11.3. The van der Waals surface area contributed by atoms with Crippen molar-refractivity contribution in [1.29, 1.82) is 0 Å². The van der Waals surface area contributed by atoms with Crippen molar-refractivity contribution in [2.75, 3.05) is 12.1 Å². The molecule has 0 radical (unpaired) electrons. The van der Waals surface area contributed by atoms with E-state index in [0.717, 1.165) is 0 Å². The van der Waals surface area contributed by atoms with Crippen molar-refractivity contribution in [2.45, 2.75) is 0 Å². The summed E-state index contributed by atoms with van der Waals surface area (Å²) in [4.78, 5) is 26.2. The number of hydrogen-bond acceptors (Lipinski definition) is 4. The molecule has 0 bridgehead atoms. The highest BCUT2D eigenvalue weighted by molar-refractivity contribution is 5.90. The van der Waals surface area contributed by atoms with Gasteiger partial charge in [0, 0.05) is 12.4 Å². The summed E-state index contributed by atoms with van der Waals surface area (Å²) < 4.78 is 6.13. The lowest BCUT2D eigenvalue weighted by Gasteiger charge is -2.17. The average molecular weight is 245 g/mol. The van der Waals surface area contributed by atoms with Crippen LogP contribution in [0.15, 0.2) is 43.0 Å². The lowest BCUT2D eigenvalue weighted by atomic mass is 10.2. The molecular weight excluding hydrogens is 234 g/mol. The molecule has 0 aliphatic rings. The number of anilines is 1. The summed E-state index contributed by atoms with van der Waals surface area (Å²) in [6, 6.07) is 6.49. The first-order valence-electron chi connectivity index (χ1n) is 5.17. The predicted octanol–water partition coefficient (Wildman–Crippen LogP) is 1.10. The highest BCUT2D eigenvalue weighted by atomic mass is 16.5. The van der Waals surface area contributed by atoms with Crippen LogP contribution in [0.3, 0.4) is 0 Å². The smallest absolute Gasteiger partial charge is 0.337 e. The first kappa shape index (κ1) is 11.8. The summed E-state index contributed by atoms with van der Waals surface area (Å²) in [7, 11) is 1.32. The molecule has 0 unspecified atom stereocenters. The zero-order valence-electron chi connectivity index (χ0n) is 9.69. The maximum Gasteiger partial charge on any atom is 0.337 e. The number of amides is 1. The van der Waals surface area contributed by atoms with Gasteiger partial charge >= 0.3 is 5.97 Å². The van der Waals surface area contributed by atoms with Crippen molar-refractivity contribution in [3.8, 4) is 0 Å². The summed E-state index contributed by atoms with van der Waals surface area (Å²) in [6.07, 6.45) is 5.37. The Kier molecular flexibility index (Phi) is 3.38. The monoisotopic (exact) mass is 245 g/mol. The molecule has 6 heteroatoms. The van der Waals surface area contributed by atoms with Gasteiger partial charge in [0.2, 0.25) is 6.41 Å². The van der Waals surface area contributed by atoms with Gasteiger partial charge in [-0.05, 0) is 24.3 Å². The van der Waals surface area contributed by atoms with E-state index >= 15 is 0 Å². The Morgan fingerprint density at radius 3 is 2.61 bits per heavy atom. The van der Waals surface area contributed by atoms with Gasteiger partial charge in [-0.1, -0.05) is 0 Å². The quantitative estimate of drug-likeness (QED) is 0.597. The van der Waals surface area contributed by atoms with Crippen LogP contribution in [0.2, 0.25) is 0 Å². The van der Waals surface area contributed by atoms with Crippen molar-refractivity contribution in [1.82, 2.24) is 9.66 Å². The van der Waals surface area contributed by atoms with E-state index in [1.807, 2.05) is 0 Å². The third kappa shape index (κ3) is 2.22. The second-order valence-electron chi connectivity index (χ2n) is 3.43. The van der Waals surface area contributed by atoms with Gasteiger partial charge in [0.1, 0.15) is 6.33 Å². The predicted molar refractivity (Wildman–Crippen MR) is 63.9 cm³/mol. The number of rotatable bonds is 4. The number of benzene rings is 1.